The van der Waals surface area contributed by atoms with Crippen molar-refractivity contribution in [3.8, 4) is 0 Å². The Labute approximate surface area is 239 Å². The summed E-state index contributed by atoms with van der Waals surface area (Å²) in [5, 5.41) is 0. The first-order chi connectivity index (χ1) is 19.5. The molecule has 0 atom stereocenters. The van der Waals surface area contributed by atoms with E-state index < -0.39 is 0 Å². The normalized spacial score (nSPS) is 36.4. The Morgan fingerprint density at radius 1 is 0.350 bits per heavy atom. The predicted octanol–water partition coefficient (Wildman–Crippen LogP) is 10.2. The van der Waals surface area contributed by atoms with Crippen molar-refractivity contribution in [2.75, 3.05) is 0 Å². The molecule has 0 heteroatoms. The van der Waals surface area contributed by atoms with Gasteiger partial charge in [0.05, 0.1) is 0 Å². The second kappa shape index (κ2) is 8.43. The van der Waals surface area contributed by atoms with Crippen LogP contribution in [0.4, 0.5) is 0 Å². The van der Waals surface area contributed by atoms with Crippen molar-refractivity contribution in [3.05, 3.63) is 166 Å². The predicted molar refractivity (Wildman–Crippen MR) is 168 cm³/mol. The van der Waals surface area contributed by atoms with Gasteiger partial charge in [-0.1, -0.05) is 161 Å². The SMILES string of the molecule is CC12C3=CC=C1C=CC=C1C=CC(=CC=C3)C12CCCCCCC12C3=CC=CC4=CC=C(C=CC=C1C=C3)C42C. The molecule has 8 aliphatic rings. The average Bonchev–Trinajstić information content (AvgIpc) is 3.60. The van der Waals surface area contributed by atoms with Crippen LogP contribution in [0.15, 0.2) is 166 Å². The van der Waals surface area contributed by atoms with Gasteiger partial charge in [0, 0.05) is 21.7 Å². The standard InChI is InChI=1S/C40H38/c1-37-29-11-7-15-33-23-24-34(16-8-12-30(37)20-19-29)39(33,37)27-5-3-4-6-28-40-35-17-9-13-31-21-22-32(38(31,40)2)14-10-18-36(40)26-25-35/h7-26H,3-6,27-28H2,1-2H3. The lowest BCUT2D eigenvalue weighted by atomic mass is 9.53. The lowest BCUT2D eigenvalue weighted by Crippen LogP contribution is -2.41. The topological polar surface area (TPSA) is 0 Å². The summed E-state index contributed by atoms with van der Waals surface area (Å²) in [6, 6.07) is 0. The van der Waals surface area contributed by atoms with Crippen LogP contribution in [0.25, 0.3) is 0 Å². The van der Waals surface area contributed by atoms with Gasteiger partial charge in [0.25, 0.3) is 0 Å². The molecule has 40 heavy (non-hydrogen) atoms. The van der Waals surface area contributed by atoms with E-state index in [1.807, 2.05) is 0 Å². The lowest BCUT2D eigenvalue weighted by Gasteiger charge is -2.49. The largest absolute Gasteiger partial charge is 0.0617 e. The third-order valence-corrected chi connectivity index (χ3v) is 11.8. The first kappa shape index (κ1) is 24.2. The van der Waals surface area contributed by atoms with Crippen LogP contribution in [0.2, 0.25) is 0 Å². The van der Waals surface area contributed by atoms with Crippen molar-refractivity contribution in [1.82, 2.24) is 0 Å². The summed E-state index contributed by atoms with van der Waals surface area (Å²) in [6.07, 6.45) is 54.5. The molecule has 0 aromatic rings. The van der Waals surface area contributed by atoms with Crippen LogP contribution in [0.1, 0.15) is 52.4 Å². The molecule has 0 aliphatic heterocycles. The molecule has 0 fully saturated rings. The van der Waals surface area contributed by atoms with E-state index in [1.54, 1.807) is 0 Å². The molecule has 0 N–H and O–H groups in total. The molecule has 0 radical (unpaired) electrons. The molecule has 0 nitrogen and oxygen atoms in total. The first-order valence-electron chi connectivity index (χ1n) is 15.3. The van der Waals surface area contributed by atoms with Gasteiger partial charge in [0.15, 0.2) is 0 Å². The fraction of sp³-hybridized carbons (Fsp3) is 0.300. The van der Waals surface area contributed by atoms with Crippen molar-refractivity contribution >= 4 is 0 Å². The summed E-state index contributed by atoms with van der Waals surface area (Å²) in [7, 11) is 0. The highest BCUT2D eigenvalue weighted by molar-refractivity contribution is 5.68. The van der Waals surface area contributed by atoms with Gasteiger partial charge < -0.3 is 0 Å². The van der Waals surface area contributed by atoms with Gasteiger partial charge in [0.2, 0.25) is 0 Å². The Morgan fingerprint density at radius 3 is 0.950 bits per heavy atom. The van der Waals surface area contributed by atoms with Crippen LogP contribution in [0.3, 0.4) is 0 Å². The van der Waals surface area contributed by atoms with Crippen LogP contribution >= 0.6 is 0 Å². The smallest absolute Gasteiger partial charge is 0.0337 e. The zero-order valence-corrected chi connectivity index (χ0v) is 23.8. The van der Waals surface area contributed by atoms with E-state index >= 15 is 0 Å². The van der Waals surface area contributed by atoms with Crippen LogP contribution in [0, 0.1) is 21.7 Å². The van der Waals surface area contributed by atoms with E-state index in [1.165, 1.54) is 83.1 Å². The maximum atomic E-state index is 2.50. The van der Waals surface area contributed by atoms with Gasteiger partial charge in [0.1, 0.15) is 0 Å². The summed E-state index contributed by atoms with van der Waals surface area (Å²) in [6.45, 7) is 5.00. The monoisotopic (exact) mass is 518 g/mol. The number of hydrogen-bond acceptors (Lipinski definition) is 0. The molecule has 0 unspecified atom stereocenters. The maximum Gasteiger partial charge on any atom is 0.0337 e. The van der Waals surface area contributed by atoms with Crippen LogP contribution < -0.4 is 0 Å². The molecule has 0 saturated carbocycles. The fourth-order valence-corrected chi connectivity index (χ4v) is 9.67. The Morgan fingerprint density at radius 2 is 0.650 bits per heavy atom. The van der Waals surface area contributed by atoms with Crippen LogP contribution in [0.5, 0.6) is 0 Å². The molecule has 0 aromatic carbocycles. The molecule has 0 bridgehead atoms. The highest BCUT2D eigenvalue weighted by Crippen LogP contribution is 2.68. The average molecular weight is 519 g/mol. The van der Waals surface area contributed by atoms with Crippen molar-refractivity contribution in [3.63, 3.8) is 0 Å². The van der Waals surface area contributed by atoms with Crippen LogP contribution in [-0.4, -0.2) is 0 Å². The zero-order chi connectivity index (χ0) is 27.0. The summed E-state index contributed by atoms with van der Waals surface area (Å²) < 4.78 is 0. The van der Waals surface area contributed by atoms with E-state index in [9.17, 15) is 0 Å². The van der Waals surface area contributed by atoms with E-state index in [4.69, 9.17) is 0 Å². The van der Waals surface area contributed by atoms with Gasteiger partial charge in [-0.2, -0.15) is 0 Å². The molecule has 8 aliphatic carbocycles. The van der Waals surface area contributed by atoms with E-state index in [2.05, 4.69) is 135 Å². The minimum atomic E-state index is 0.000173. The molecular formula is C40H38. The zero-order valence-electron chi connectivity index (χ0n) is 23.8. The number of unbranched alkanes of at least 4 members (excludes halogenated alkanes) is 3. The lowest BCUT2D eigenvalue weighted by molar-refractivity contribution is 0.214. The minimum Gasteiger partial charge on any atom is -0.0617 e. The van der Waals surface area contributed by atoms with Crippen molar-refractivity contribution < 1.29 is 0 Å². The summed E-state index contributed by atoms with van der Waals surface area (Å²) in [5.74, 6) is 0. The Bertz CT molecular complexity index is 1420. The van der Waals surface area contributed by atoms with Gasteiger partial charge in [-0.05, 0) is 57.4 Å². The van der Waals surface area contributed by atoms with Crippen molar-refractivity contribution in [2.45, 2.75) is 52.4 Å². The highest BCUT2D eigenvalue weighted by atomic mass is 14.6. The maximum absolute atomic E-state index is 2.50. The van der Waals surface area contributed by atoms with Crippen LogP contribution in [-0.2, 0) is 0 Å². The molecule has 0 saturated heterocycles. The number of rotatable bonds is 7. The third kappa shape index (κ3) is 2.78. The molecular weight excluding hydrogens is 480 g/mol. The molecule has 0 amide bonds. The molecule has 0 spiro atoms. The molecule has 8 rings (SSSR count). The highest BCUT2D eigenvalue weighted by Gasteiger charge is 2.59. The van der Waals surface area contributed by atoms with E-state index in [-0.39, 0.29) is 21.7 Å². The summed E-state index contributed by atoms with van der Waals surface area (Å²) >= 11 is 0. The molecule has 0 aromatic heterocycles. The Kier molecular flexibility index (Phi) is 5.10. The first-order valence-corrected chi connectivity index (χ1v) is 15.3. The number of allylic oxidation sites excluding steroid dienone is 28. The second-order valence-electron chi connectivity index (χ2n) is 13.1. The fourth-order valence-electron chi connectivity index (χ4n) is 9.67. The Hall–Kier alpha value is -3.64. The van der Waals surface area contributed by atoms with Gasteiger partial charge >= 0.3 is 0 Å². The summed E-state index contributed by atoms with van der Waals surface area (Å²) in [4.78, 5) is 0. The van der Waals surface area contributed by atoms with Gasteiger partial charge in [-0.15, -0.1) is 0 Å². The minimum absolute atomic E-state index is 0.000173. The quantitative estimate of drug-likeness (QED) is 0.294. The van der Waals surface area contributed by atoms with E-state index in [0.29, 0.717) is 0 Å². The Balaban J connectivity index is 1.02. The van der Waals surface area contributed by atoms with Gasteiger partial charge in [-0.25, -0.2) is 0 Å². The molecule has 0 heterocycles. The number of hydrogen-bond donors (Lipinski definition) is 0. The van der Waals surface area contributed by atoms with Gasteiger partial charge in [-0.3, -0.25) is 0 Å². The second-order valence-corrected chi connectivity index (χ2v) is 13.1. The van der Waals surface area contributed by atoms with Crippen molar-refractivity contribution in [2.24, 2.45) is 21.7 Å². The van der Waals surface area contributed by atoms with E-state index in [0.717, 1.165) is 0 Å². The summed E-state index contributed by atoms with van der Waals surface area (Å²) in [5.41, 5.74) is 11.8. The molecule has 198 valence electrons. The van der Waals surface area contributed by atoms with Crippen molar-refractivity contribution in [1.29, 1.82) is 0 Å². The third-order valence-electron chi connectivity index (χ3n) is 11.8.